The Bertz CT molecular complexity index is 494. The normalized spacial score (nSPS) is 15.6. The molecule has 0 unspecified atom stereocenters. The van der Waals surface area contributed by atoms with Gasteiger partial charge in [0.05, 0.1) is 18.4 Å². The molecule has 2 rings (SSSR count). The topological polar surface area (TPSA) is 50.2 Å². The lowest BCUT2D eigenvalue weighted by atomic mass is 10.4. The Morgan fingerprint density at radius 3 is 2.89 bits per heavy atom. The molecular weight excluding hydrogens is 308 g/mol. The van der Waals surface area contributed by atoms with Crippen molar-refractivity contribution in [3.8, 4) is 0 Å². The highest BCUT2D eigenvalue weighted by atomic mass is 79.9. The van der Waals surface area contributed by atoms with Crippen molar-refractivity contribution in [3.05, 3.63) is 33.7 Å². The van der Waals surface area contributed by atoms with Crippen LogP contribution in [0.25, 0.3) is 0 Å². The first-order valence-electron chi connectivity index (χ1n) is 6.55. The van der Waals surface area contributed by atoms with Crippen molar-refractivity contribution >= 4 is 21.6 Å². The van der Waals surface area contributed by atoms with Crippen LogP contribution in [0, 0.1) is 0 Å². The molecule has 1 aliphatic heterocycles. The Labute approximate surface area is 121 Å². The number of nitrogens with zero attached hydrogens (tertiary/aromatic N) is 3. The first-order valence-corrected chi connectivity index (χ1v) is 7.34. The quantitative estimate of drug-likeness (QED) is 0.808. The number of anilines is 1. The molecule has 0 aliphatic carbocycles. The van der Waals surface area contributed by atoms with E-state index in [9.17, 15) is 4.79 Å². The number of nitrogens with one attached hydrogen (secondary N) is 1. The van der Waals surface area contributed by atoms with Crippen molar-refractivity contribution in [1.82, 2.24) is 14.7 Å². The number of halogens is 1. The number of aromatic nitrogens is 2. The SMILES string of the molecule is C=CCn1ncc(NCCN2CCCC2)c(Br)c1=O. The molecule has 1 N–H and O–H groups in total. The second kappa shape index (κ2) is 6.86. The van der Waals surface area contributed by atoms with Crippen LogP contribution >= 0.6 is 15.9 Å². The van der Waals surface area contributed by atoms with E-state index < -0.39 is 0 Å². The fourth-order valence-corrected chi connectivity index (χ4v) is 2.64. The standard InChI is InChI=1S/C13H19BrN4O/c1-2-6-18-13(19)12(14)11(10-16-18)15-5-9-17-7-3-4-8-17/h2,10,15H,1,3-9H2. The van der Waals surface area contributed by atoms with Gasteiger partial charge in [-0.25, -0.2) is 4.68 Å². The second-order valence-corrected chi connectivity index (χ2v) is 5.42. The molecule has 0 spiro atoms. The summed E-state index contributed by atoms with van der Waals surface area (Å²) in [6.45, 7) is 8.22. The maximum Gasteiger partial charge on any atom is 0.283 e. The third kappa shape index (κ3) is 3.67. The zero-order chi connectivity index (χ0) is 13.7. The maximum absolute atomic E-state index is 12.0. The Kier molecular flexibility index (Phi) is 5.15. The highest BCUT2D eigenvalue weighted by molar-refractivity contribution is 9.10. The number of allylic oxidation sites excluding steroid dienone is 1. The van der Waals surface area contributed by atoms with E-state index in [-0.39, 0.29) is 5.56 Å². The van der Waals surface area contributed by atoms with Gasteiger partial charge in [-0.3, -0.25) is 4.79 Å². The van der Waals surface area contributed by atoms with Crippen LogP contribution in [0.2, 0.25) is 0 Å². The van der Waals surface area contributed by atoms with Crippen LogP contribution in [0.1, 0.15) is 12.8 Å². The van der Waals surface area contributed by atoms with Crippen LogP contribution in [0.4, 0.5) is 5.69 Å². The Hall–Kier alpha value is -1.14. The molecule has 19 heavy (non-hydrogen) atoms. The van der Waals surface area contributed by atoms with E-state index in [1.54, 1.807) is 12.3 Å². The van der Waals surface area contributed by atoms with Gasteiger partial charge in [0.25, 0.3) is 5.56 Å². The van der Waals surface area contributed by atoms with Crippen molar-refractivity contribution in [2.75, 3.05) is 31.5 Å². The first-order chi connectivity index (χ1) is 9.22. The average molecular weight is 327 g/mol. The summed E-state index contributed by atoms with van der Waals surface area (Å²) in [5.74, 6) is 0. The molecule has 1 saturated heterocycles. The average Bonchev–Trinajstić information content (AvgIpc) is 2.91. The zero-order valence-corrected chi connectivity index (χ0v) is 12.5. The molecule has 0 bridgehead atoms. The third-order valence-electron chi connectivity index (χ3n) is 3.23. The smallest absolute Gasteiger partial charge is 0.283 e. The summed E-state index contributed by atoms with van der Waals surface area (Å²) in [4.78, 5) is 14.4. The fourth-order valence-electron chi connectivity index (χ4n) is 2.20. The van der Waals surface area contributed by atoms with Crippen LogP contribution in [0.5, 0.6) is 0 Å². The number of hydrogen-bond donors (Lipinski definition) is 1. The van der Waals surface area contributed by atoms with Crippen molar-refractivity contribution in [1.29, 1.82) is 0 Å². The molecule has 1 fully saturated rings. The minimum absolute atomic E-state index is 0.133. The predicted molar refractivity (Wildman–Crippen MR) is 80.6 cm³/mol. The van der Waals surface area contributed by atoms with Crippen molar-refractivity contribution in [2.45, 2.75) is 19.4 Å². The molecule has 0 aromatic carbocycles. The molecule has 0 amide bonds. The maximum atomic E-state index is 12.0. The van der Waals surface area contributed by atoms with E-state index >= 15 is 0 Å². The second-order valence-electron chi connectivity index (χ2n) is 4.62. The minimum atomic E-state index is -0.133. The van der Waals surface area contributed by atoms with Crippen molar-refractivity contribution in [2.24, 2.45) is 0 Å². The van der Waals surface area contributed by atoms with Crippen LogP contribution in [-0.4, -0.2) is 40.9 Å². The molecule has 0 radical (unpaired) electrons. The summed E-state index contributed by atoms with van der Waals surface area (Å²) >= 11 is 3.33. The van der Waals surface area contributed by atoms with Gasteiger partial charge in [-0.05, 0) is 41.9 Å². The van der Waals surface area contributed by atoms with Crippen LogP contribution in [0.15, 0.2) is 28.1 Å². The summed E-state index contributed by atoms with van der Waals surface area (Å²) < 4.78 is 1.91. The molecule has 2 heterocycles. The summed E-state index contributed by atoms with van der Waals surface area (Å²) in [6, 6.07) is 0. The summed E-state index contributed by atoms with van der Waals surface area (Å²) in [5, 5.41) is 7.37. The fraction of sp³-hybridized carbons (Fsp3) is 0.538. The predicted octanol–water partition coefficient (Wildman–Crippen LogP) is 1.70. The Morgan fingerprint density at radius 2 is 2.21 bits per heavy atom. The molecule has 1 aliphatic rings. The van der Waals surface area contributed by atoms with Gasteiger partial charge in [-0.1, -0.05) is 6.08 Å². The lowest BCUT2D eigenvalue weighted by molar-refractivity contribution is 0.352. The van der Waals surface area contributed by atoms with Gasteiger partial charge in [-0.2, -0.15) is 5.10 Å². The van der Waals surface area contributed by atoms with E-state index in [0.717, 1.165) is 18.8 Å². The molecule has 6 heteroatoms. The van der Waals surface area contributed by atoms with Gasteiger partial charge in [-0.15, -0.1) is 6.58 Å². The number of likely N-dealkylation sites (tertiary alicyclic amines) is 1. The summed E-state index contributed by atoms with van der Waals surface area (Å²) in [6.07, 6.45) is 5.92. The van der Waals surface area contributed by atoms with E-state index in [1.165, 1.54) is 30.6 Å². The Morgan fingerprint density at radius 1 is 1.47 bits per heavy atom. The Balaban J connectivity index is 1.94. The first kappa shape index (κ1) is 14.3. The van der Waals surface area contributed by atoms with Crippen LogP contribution in [0.3, 0.4) is 0 Å². The summed E-state index contributed by atoms with van der Waals surface area (Å²) in [7, 11) is 0. The van der Waals surface area contributed by atoms with E-state index in [0.29, 0.717) is 11.0 Å². The molecular formula is C13H19BrN4O. The van der Waals surface area contributed by atoms with Gasteiger partial charge < -0.3 is 10.2 Å². The van der Waals surface area contributed by atoms with Crippen LogP contribution < -0.4 is 10.9 Å². The summed E-state index contributed by atoms with van der Waals surface area (Å²) in [5.41, 5.74) is 0.621. The molecule has 1 aromatic heterocycles. The number of hydrogen-bond acceptors (Lipinski definition) is 4. The minimum Gasteiger partial charge on any atom is -0.381 e. The highest BCUT2D eigenvalue weighted by Crippen LogP contribution is 2.16. The third-order valence-corrected chi connectivity index (χ3v) is 4.00. The largest absolute Gasteiger partial charge is 0.381 e. The van der Waals surface area contributed by atoms with E-state index in [1.807, 2.05) is 0 Å². The molecule has 0 saturated carbocycles. The molecule has 1 aromatic rings. The van der Waals surface area contributed by atoms with Crippen molar-refractivity contribution < 1.29 is 0 Å². The van der Waals surface area contributed by atoms with Gasteiger partial charge in [0.1, 0.15) is 4.47 Å². The molecule has 104 valence electrons. The van der Waals surface area contributed by atoms with Gasteiger partial charge in [0.2, 0.25) is 0 Å². The van der Waals surface area contributed by atoms with E-state index in [4.69, 9.17) is 0 Å². The van der Waals surface area contributed by atoms with Gasteiger partial charge in [0, 0.05) is 13.1 Å². The highest BCUT2D eigenvalue weighted by Gasteiger charge is 2.11. The van der Waals surface area contributed by atoms with Gasteiger partial charge >= 0.3 is 0 Å². The molecule has 0 atom stereocenters. The monoisotopic (exact) mass is 326 g/mol. The van der Waals surface area contributed by atoms with E-state index in [2.05, 4.69) is 37.8 Å². The lowest BCUT2D eigenvalue weighted by Gasteiger charge is -2.15. The lowest BCUT2D eigenvalue weighted by Crippen LogP contribution is -2.28. The van der Waals surface area contributed by atoms with Crippen LogP contribution in [-0.2, 0) is 6.54 Å². The zero-order valence-electron chi connectivity index (χ0n) is 10.9. The van der Waals surface area contributed by atoms with Crippen molar-refractivity contribution in [3.63, 3.8) is 0 Å². The molecule has 5 nitrogen and oxygen atoms in total. The van der Waals surface area contributed by atoms with Gasteiger partial charge in [0.15, 0.2) is 0 Å². The number of rotatable bonds is 6.